The van der Waals surface area contributed by atoms with Crippen LogP contribution in [0.25, 0.3) is 0 Å². The average Bonchev–Trinajstić information content (AvgIpc) is 2.61. The van der Waals surface area contributed by atoms with Gasteiger partial charge in [-0.1, -0.05) is 26.0 Å². The second-order valence-corrected chi connectivity index (χ2v) is 7.77. The van der Waals surface area contributed by atoms with Crippen molar-refractivity contribution in [3.05, 3.63) is 24.3 Å². The molecule has 138 valence electrons. The van der Waals surface area contributed by atoms with E-state index >= 15 is 0 Å². The number of carbonyl (C=O) groups excluding carboxylic acids is 1. The molecule has 1 fully saturated rings. The number of likely N-dealkylation sites (N-methyl/N-ethyl adjacent to an activating group) is 1. The SMILES string of the molecule is CC(C)CN1CCN(C(=O)CCN2CCN(C)CC2)c2ccccc21. The smallest absolute Gasteiger partial charge is 0.228 e. The molecule has 0 bridgehead atoms. The summed E-state index contributed by atoms with van der Waals surface area (Å²) >= 11 is 0. The number of para-hydroxylation sites is 2. The fraction of sp³-hybridized carbons (Fsp3) is 0.650. The van der Waals surface area contributed by atoms with E-state index < -0.39 is 0 Å². The van der Waals surface area contributed by atoms with Crippen molar-refractivity contribution in [1.82, 2.24) is 9.80 Å². The lowest BCUT2D eigenvalue weighted by molar-refractivity contribution is -0.119. The molecule has 1 saturated heterocycles. The molecule has 3 rings (SSSR count). The van der Waals surface area contributed by atoms with Crippen LogP contribution in [0.2, 0.25) is 0 Å². The Morgan fingerprint density at radius 2 is 1.68 bits per heavy atom. The molecule has 0 radical (unpaired) electrons. The zero-order valence-electron chi connectivity index (χ0n) is 15.9. The van der Waals surface area contributed by atoms with Gasteiger partial charge in [-0.05, 0) is 25.1 Å². The zero-order valence-corrected chi connectivity index (χ0v) is 15.9. The fourth-order valence-electron chi connectivity index (χ4n) is 3.77. The van der Waals surface area contributed by atoms with Gasteiger partial charge in [0.1, 0.15) is 0 Å². The highest BCUT2D eigenvalue weighted by Crippen LogP contribution is 2.33. The van der Waals surface area contributed by atoms with E-state index in [0.717, 1.165) is 58.0 Å². The van der Waals surface area contributed by atoms with Crippen molar-refractivity contribution >= 4 is 17.3 Å². The maximum atomic E-state index is 12.9. The first-order chi connectivity index (χ1) is 12.0. The van der Waals surface area contributed by atoms with Gasteiger partial charge in [0.25, 0.3) is 0 Å². The highest BCUT2D eigenvalue weighted by molar-refractivity contribution is 5.98. The molecule has 1 aromatic rings. The normalized spacial score (nSPS) is 19.4. The second-order valence-electron chi connectivity index (χ2n) is 7.77. The topological polar surface area (TPSA) is 30.0 Å². The number of anilines is 2. The second kappa shape index (κ2) is 8.19. The number of fused-ring (bicyclic) bond motifs is 1. The molecule has 1 amide bonds. The summed E-state index contributed by atoms with van der Waals surface area (Å²) in [6, 6.07) is 8.36. The predicted octanol–water partition coefficient (Wildman–Crippen LogP) is 2.13. The Bertz CT molecular complexity index is 581. The van der Waals surface area contributed by atoms with Crippen LogP contribution in [0.3, 0.4) is 0 Å². The van der Waals surface area contributed by atoms with Crippen LogP contribution in [-0.4, -0.2) is 75.1 Å². The minimum Gasteiger partial charge on any atom is -0.368 e. The summed E-state index contributed by atoms with van der Waals surface area (Å²) in [5.41, 5.74) is 2.29. The first-order valence-corrected chi connectivity index (χ1v) is 9.60. The van der Waals surface area contributed by atoms with Gasteiger partial charge in [0.15, 0.2) is 0 Å². The summed E-state index contributed by atoms with van der Waals surface area (Å²) in [5, 5.41) is 0. The van der Waals surface area contributed by atoms with Crippen molar-refractivity contribution in [3.8, 4) is 0 Å². The van der Waals surface area contributed by atoms with Gasteiger partial charge in [-0.3, -0.25) is 4.79 Å². The third-order valence-corrected chi connectivity index (χ3v) is 5.23. The Labute approximate surface area is 152 Å². The molecule has 25 heavy (non-hydrogen) atoms. The molecule has 0 atom stereocenters. The van der Waals surface area contributed by atoms with E-state index in [1.165, 1.54) is 5.69 Å². The minimum atomic E-state index is 0.260. The average molecular weight is 345 g/mol. The number of carbonyl (C=O) groups is 1. The van der Waals surface area contributed by atoms with Crippen molar-refractivity contribution in [1.29, 1.82) is 0 Å². The lowest BCUT2D eigenvalue weighted by atomic mass is 10.1. The van der Waals surface area contributed by atoms with E-state index in [1.807, 2.05) is 11.0 Å². The molecule has 0 saturated carbocycles. The quantitative estimate of drug-likeness (QED) is 0.819. The zero-order chi connectivity index (χ0) is 17.8. The van der Waals surface area contributed by atoms with Gasteiger partial charge in [-0.15, -0.1) is 0 Å². The van der Waals surface area contributed by atoms with Crippen LogP contribution in [0.4, 0.5) is 11.4 Å². The maximum absolute atomic E-state index is 12.9. The number of hydrogen-bond acceptors (Lipinski definition) is 4. The molecule has 1 aromatic carbocycles. The number of benzene rings is 1. The third-order valence-electron chi connectivity index (χ3n) is 5.23. The molecule has 5 nitrogen and oxygen atoms in total. The highest BCUT2D eigenvalue weighted by atomic mass is 16.2. The molecular formula is C20H32N4O. The first-order valence-electron chi connectivity index (χ1n) is 9.60. The van der Waals surface area contributed by atoms with Crippen LogP contribution in [0.1, 0.15) is 20.3 Å². The summed E-state index contributed by atoms with van der Waals surface area (Å²) in [7, 11) is 2.16. The molecule has 5 heteroatoms. The van der Waals surface area contributed by atoms with Gasteiger partial charge in [0, 0.05) is 58.8 Å². The van der Waals surface area contributed by atoms with Crippen molar-refractivity contribution in [2.75, 3.05) is 69.2 Å². The molecule has 2 aliphatic rings. The van der Waals surface area contributed by atoms with Crippen LogP contribution >= 0.6 is 0 Å². The Kier molecular flexibility index (Phi) is 5.97. The van der Waals surface area contributed by atoms with E-state index in [-0.39, 0.29) is 5.91 Å². The molecule has 0 aliphatic carbocycles. The molecule has 2 heterocycles. The molecule has 2 aliphatic heterocycles. The Morgan fingerprint density at radius 3 is 2.36 bits per heavy atom. The summed E-state index contributed by atoms with van der Waals surface area (Å²) < 4.78 is 0. The molecule has 0 unspecified atom stereocenters. The Balaban J connectivity index is 1.62. The number of nitrogens with zero attached hydrogens (tertiary/aromatic N) is 4. The maximum Gasteiger partial charge on any atom is 0.228 e. The number of piperazine rings is 1. The first kappa shape index (κ1) is 18.2. The number of hydrogen-bond donors (Lipinski definition) is 0. The van der Waals surface area contributed by atoms with Crippen molar-refractivity contribution in [2.45, 2.75) is 20.3 Å². The highest BCUT2D eigenvalue weighted by Gasteiger charge is 2.27. The van der Waals surface area contributed by atoms with Crippen LogP contribution in [0.15, 0.2) is 24.3 Å². The Hall–Kier alpha value is -1.59. The van der Waals surface area contributed by atoms with Crippen LogP contribution in [0.5, 0.6) is 0 Å². The summed E-state index contributed by atoms with van der Waals surface area (Å²) in [4.78, 5) is 22.1. The number of amides is 1. The minimum absolute atomic E-state index is 0.260. The van der Waals surface area contributed by atoms with E-state index in [4.69, 9.17) is 0 Å². The molecular weight excluding hydrogens is 312 g/mol. The van der Waals surface area contributed by atoms with Crippen molar-refractivity contribution in [2.24, 2.45) is 5.92 Å². The lowest BCUT2D eigenvalue weighted by Crippen LogP contribution is -2.47. The monoisotopic (exact) mass is 344 g/mol. The van der Waals surface area contributed by atoms with Gasteiger partial charge in [-0.2, -0.15) is 0 Å². The van der Waals surface area contributed by atoms with Crippen molar-refractivity contribution in [3.63, 3.8) is 0 Å². The number of rotatable bonds is 5. The summed E-state index contributed by atoms with van der Waals surface area (Å²) in [6.07, 6.45) is 0.613. The third kappa shape index (κ3) is 4.53. The van der Waals surface area contributed by atoms with Gasteiger partial charge in [0.2, 0.25) is 5.91 Å². The van der Waals surface area contributed by atoms with Crippen LogP contribution in [-0.2, 0) is 4.79 Å². The molecule has 0 N–H and O–H groups in total. The van der Waals surface area contributed by atoms with Gasteiger partial charge >= 0.3 is 0 Å². The van der Waals surface area contributed by atoms with E-state index in [9.17, 15) is 4.79 Å². The molecule has 0 spiro atoms. The lowest BCUT2D eigenvalue weighted by Gasteiger charge is -2.39. The van der Waals surface area contributed by atoms with Crippen molar-refractivity contribution < 1.29 is 4.79 Å². The van der Waals surface area contributed by atoms with E-state index in [1.54, 1.807) is 0 Å². The largest absolute Gasteiger partial charge is 0.368 e. The molecule has 0 aromatic heterocycles. The Morgan fingerprint density at radius 1 is 1.00 bits per heavy atom. The summed E-state index contributed by atoms with van der Waals surface area (Å²) in [6.45, 7) is 12.5. The van der Waals surface area contributed by atoms with E-state index in [0.29, 0.717) is 12.3 Å². The fourth-order valence-corrected chi connectivity index (χ4v) is 3.77. The van der Waals surface area contributed by atoms with Crippen LogP contribution < -0.4 is 9.80 Å². The van der Waals surface area contributed by atoms with Gasteiger partial charge < -0.3 is 19.6 Å². The standard InChI is InChI=1S/C20H32N4O/c1-17(2)16-23-14-15-24(19-7-5-4-6-18(19)23)20(25)8-9-22-12-10-21(3)11-13-22/h4-7,17H,8-16H2,1-3H3. The van der Waals surface area contributed by atoms with Gasteiger partial charge in [0.05, 0.1) is 11.4 Å². The predicted molar refractivity (Wildman–Crippen MR) is 104 cm³/mol. The van der Waals surface area contributed by atoms with E-state index in [2.05, 4.69) is 53.8 Å². The van der Waals surface area contributed by atoms with Crippen LogP contribution in [0, 0.1) is 5.92 Å². The summed E-state index contributed by atoms with van der Waals surface area (Å²) in [5.74, 6) is 0.878. The van der Waals surface area contributed by atoms with Gasteiger partial charge in [-0.25, -0.2) is 0 Å².